The first-order valence-corrected chi connectivity index (χ1v) is 5.74. The zero-order valence-electron chi connectivity index (χ0n) is 10.2. The van der Waals surface area contributed by atoms with Gasteiger partial charge < -0.3 is 15.0 Å². The lowest BCUT2D eigenvalue weighted by Gasteiger charge is -2.09. The molecule has 18 heavy (non-hydrogen) atoms. The number of nitrogens with two attached hydrogens (primary N) is 1. The number of nitrogens with zero attached hydrogens (tertiary/aromatic N) is 2. The minimum atomic E-state index is -0.419. The predicted molar refractivity (Wildman–Crippen MR) is 68.1 cm³/mol. The first kappa shape index (κ1) is 12.2. The summed E-state index contributed by atoms with van der Waals surface area (Å²) in [5, 5.41) is 0. The highest BCUT2D eigenvalue weighted by molar-refractivity contribution is 5.85. The lowest BCUT2D eigenvalue weighted by atomic mass is 10.2. The minimum absolute atomic E-state index is 0.292. The first-order valence-electron chi connectivity index (χ1n) is 5.74. The Labute approximate surface area is 105 Å². The maximum absolute atomic E-state index is 11.7. The van der Waals surface area contributed by atoms with Crippen molar-refractivity contribution in [3.8, 4) is 0 Å². The normalized spacial score (nSPS) is 10.3. The van der Waals surface area contributed by atoms with E-state index >= 15 is 0 Å². The second-order valence-electron chi connectivity index (χ2n) is 3.80. The fraction of sp³-hybridized carbons (Fsp3) is 0.231. The van der Waals surface area contributed by atoms with E-state index in [2.05, 4.69) is 4.98 Å². The molecule has 0 aliphatic rings. The molecule has 0 saturated heterocycles. The van der Waals surface area contributed by atoms with Gasteiger partial charge in [0, 0.05) is 18.1 Å². The van der Waals surface area contributed by atoms with E-state index in [9.17, 15) is 4.79 Å². The Morgan fingerprint density at radius 3 is 2.94 bits per heavy atom. The predicted octanol–water partition coefficient (Wildman–Crippen LogP) is 1.69. The van der Waals surface area contributed by atoms with E-state index in [0.717, 1.165) is 5.56 Å². The molecule has 0 aliphatic heterocycles. The number of para-hydroxylation sites is 1. The lowest BCUT2D eigenvalue weighted by molar-refractivity contribution is 0.0507. The number of anilines is 1. The van der Waals surface area contributed by atoms with Gasteiger partial charge in [0.2, 0.25) is 5.82 Å². The molecule has 1 aromatic carbocycles. The Bertz CT molecular complexity index is 549. The van der Waals surface area contributed by atoms with Gasteiger partial charge in [-0.15, -0.1) is 0 Å². The van der Waals surface area contributed by atoms with Gasteiger partial charge >= 0.3 is 5.97 Å². The summed E-state index contributed by atoms with van der Waals surface area (Å²) < 4.78 is 6.67. The standard InChI is InChI=1S/C13H15N3O2/c1-2-18-13(17)12-15-7-8-16(12)9-10-5-3-4-6-11(10)14/h3-8H,2,9,14H2,1H3. The molecule has 5 heteroatoms. The summed E-state index contributed by atoms with van der Waals surface area (Å²) in [6, 6.07) is 7.53. The number of aromatic nitrogens is 2. The smallest absolute Gasteiger partial charge is 0.374 e. The monoisotopic (exact) mass is 245 g/mol. The SMILES string of the molecule is CCOC(=O)c1nccn1Cc1ccccc1N. The van der Waals surface area contributed by atoms with Crippen molar-refractivity contribution in [2.45, 2.75) is 13.5 Å². The summed E-state index contributed by atoms with van der Waals surface area (Å²) >= 11 is 0. The molecule has 5 nitrogen and oxygen atoms in total. The van der Waals surface area contributed by atoms with Crippen LogP contribution in [-0.4, -0.2) is 22.1 Å². The van der Waals surface area contributed by atoms with Crippen LogP contribution in [0.5, 0.6) is 0 Å². The van der Waals surface area contributed by atoms with Gasteiger partial charge in [0.25, 0.3) is 0 Å². The van der Waals surface area contributed by atoms with Crippen molar-refractivity contribution >= 4 is 11.7 Å². The van der Waals surface area contributed by atoms with Crippen LogP contribution >= 0.6 is 0 Å². The fourth-order valence-corrected chi connectivity index (χ4v) is 1.68. The van der Waals surface area contributed by atoms with Gasteiger partial charge in [-0.25, -0.2) is 9.78 Å². The van der Waals surface area contributed by atoms with Crippen LogP contribution in [0.25, 0.3) is 0 Å². The van der Waals surface area contributed by atoms with Crippen LogP contribution in [0.1, 0.15) is 23.1 Å². The zero-order valence-corrected chi connectivity index (χ0v) is 10.2. The van der Waals surface area contributed by atoms with Crippen LogP contribution in [-0.2, 0) is 11.3 Å². The van der Waals surface area contributed by atoms with E-state index in [4.69, 9.17) is 10.5 Å². The van der Waals surface area contributed by atoms with Gasteiger partial charge in [-0.05, 0) is 18.6 Å². The number of carbonyl (C=O) groups is 1. The first-order chi connectivity index (χ1) is 8.72. The molecule has 0 saturated carbocycles. The third kappa shape index (κ3) is 2.51. The van der Waals surface area contributed by atoms with Crippen LogP contribution in [0, 0.1) is 0 Å². The number of imidazole rings is 1. The Balaban J connectivity index is 2.23. The third-order valence-electron chi connectivity index (χ3n) is 2.57. The molecule has 0 aliphatic carbocycles. The molecule has 0 fully saturated rings. The second kappa shape index (κ2) is 5.35. The molecular formula is C13H15N3O2. The summed E-state index contributed by atoms with van der Waals surface area (Å²) in [7, 11) is 0. The number of hydrogen-bond acceptors (Lipinski definition) is 4. The van der Waals surface area contributed by atoms with Crippen LogP contribution in [0.3, 0.4) is 0 Å². The quantitative estimate of drug-likeness (QED) is 0.657. The van der Waals surface area contributed by atoms with Gasteiger partial charge in [0.1, 0.15) is 0 Å². The highest BCUT2D eigenvalue weighted by Crippen LogP contribution is 2.13. The molecule has 0 amide bonds. The molecule has 2 aromatic rings. The van der Waals surface area contributed by atoms with Crippen LogP contribution < -0.4 is 5.73 Å². The van der Waals surface area contributed by atoms with Crippen molar-refractivity contribution in [3.63, 3.8) is 0 Å². The number of rotatable bonds is 4. The number of ether oxygens (including phenoxy) is 1. The van der Waals surface area contributed by atoms with Gasteiger partial charge in [-0.2, -0.15) is 0 Å². The third-order valence-corrected chi connectivity index (χ3v) is 2.57. The van der Waals surface area contributed by atoms with E-state index in [0.29, 0.717) is 24.7 Å². The van der Waals surface area contributed by atoms with E-state index in [-0.39, 0.29) is 0 Å². The van der Waals surface area contributed by atoms with Gasteiger partial charge in [0.15, 0.2) is 0 Å². The molecule has 1 heterocycles. The number of esters is 1. The fourth-order valence-electron chi connectivity index (χ4n) is 1.68. The average molecular weight is 245 g/mol. The van der Waals surface area contributed by atoms with Crippen molar-refractivity contribution in [1.82, 2.24) is 9.55 Å². The summed E-state index contributed by atoms with van der Waals surface area (Å²) in [5.41, 5.74) is 7.51. The molecule has 2 rings (SSSR count). The van der Waals surface area contributed by atoms with E-state index in [1.807, 2.05) is 24.3 Å². The summed E-state index contributed by atoms with van der Waals surface area (Å²) in [5.74, 6) is -0.128. The highest BCUT2D eigenvalue weighted by atomic mass is 16.5. The van der Waals surface area contributed by atoms with Gasteiger partial charge in [-0.3, -0.25) is 0 Å². The Hall–Kier alpha value is -2.30. The minimum Gasteiger partial charge on any atom is -0.460 e. The molecule has 0 unspecified atom stereocenters. The topological polar surface area (TPSA) is 70.1 Å². The van der Waals surface area contributed by atoms with Crippen molar-refractivity contribution in [2.75, 3.05) is 12.3 Å². The largest absolute Gasteiger partial charge is 0.460 e. The summed E-state index contributed by atoms with van der Waals surface area (Å²) in [6.07, 6.45) is 3.31. The van der Waals surface area contributed by atoms with Crippen molar-refractivity contribution in [2.24, 2.45) is 0 Å². The van der Waals surface area contributed by atoms with Crippen molar-refractivity contribution in [3.05, 3.63) is 48.0 Å². The molecular weight excluding hydrogens is 230 g/mol. The molecule has 0 radical (unpaired) electrons. The molecule has 0 bridgehead atoms. The van der Waals surface area contributed by atoms with Crippen LogP contribution in [0.4, 0.5) is 5.69 Å². The summed E-state index contributed by atoms with van der Waals surface area (Å²) in [4.78, 5) is 15.7. The molecule has 94 valence electrons. The maximum atomic E-state index is 11.7. The van der Waals surface area contributed by atoms with Gasteiger partial charge in [0.05, 0.1) is 13.2 Å². The highest BCUT2D eigenvalue weighted by Gasteiger charge is 2.14. The number of benzene rings is 1. The Morgan fingerprint density at radius 1 is 1.44 bits per heavy atom. The maximum Gasteiger partial charge on any atom is 0.374 e. The number of carbonyl (C=O) groups excluding carboxylic acids is 1. The van der Waals surface area contributed by atoms with Gasteiger partial charge in [-0.1, -0.05) is 18.2 Å². The number of hydrogen-bond donors (Lipinski definition) is 1. The molecule has 2 N–H and O–H groups in total. The van der Waals surface area contributed by atoms with E-state index in [1.54, 1.807) is 23.9 Å². The van der Waals surface area contributed by atoms with Crippen LogP contribution in [0.2, 0.25) is 0 Å². The zero-order chi connectivity index (χ0) is 13.0. The van der Waals surface area contributed by atoms with Crippen molar-refractivity contribution in [1.29, 1.82) is 0 Å². The van der Waals surface area contributed by atoms with Crippen LogP contribution in [0.15, 0.2) is 36.7 Å². The van der Waals surface area contributed by atoms with E-state index < -0.39 is 5.97 Å². The molecule has 0 atom stereocenters. The Morgan fingerprint density at radius 2 is 2.22 bits per heavy atom. The lowest BCUT2D eigenvalue weighted by Crippen LogP contribution is -2.14. The van der Waals surface area contributed by atoms with Crippen molar-refractivity contribution < 1.29 is 9.53 Å². The molecule has 0 spiro atoms. The Kier molecular flexibility index (Phi) is 3.62. The average Bonchev–Trinajstić information content (AvgIpc) is 2.81. The second-order valence-corrected chi connectivity index (χ2v) is 3.80. The van der Waals surface area contributed by atoms with E-state index in [1.165, 1.54) is 0 Å². The summed E-state index contributed by atoms with van der Waals surface area (Å²) in [6.45, 7) is 2.60. The molecule has 1 aromatic heterocycles. The number of nitrogen functional groups attached to an aromatic ring is 1.